The Kier molecular flexibility index (Phi) is 4.82. The van der Waals surface area contributed by atoms with Crippen LogP contribution in [-0.2, 0) is 0 Å². The molecule has 1 aliphatic heterocycles. The van der Waals surface area contributed by atoms with Gasteiger partial charge >= 0.3 is 0 Å². The Morgan fingerprint density at radius 3 is 2.48 bits per heavy atom. The van der Waals surface area contributed by atoms with Crippen LogP contribution in [0, 0.1) is 0 Å². The third-order valence-corrected chi connectivity index (χ3v) is 5.79. The van der Waals surface area contributed by atoms with Gasteiger partial charge in [-0.15, -0.1) is 0 Å². The van der Waals surface area contributed by atoms with Gasteiger partial charge in [0.15, 0.2) is 5.65 Å². The summed E-state index contributed by atoms with van der Waals surface area (Å²) >= 11 is 0. The van der Waals surface area contributed by atoms with Crippen molar-refractivity contribution in [1.29, 1.82) is 0 Å². The maximum absolute atomic E-state index is 13.0. The van der Waals surface area contributed by atoms with Crippen molar-refractivity contribution in [2.24, 2.45) is 0 Å². The van der Waals surface area contributed by atoms with Crippen molar-refractivity contribution in [2.45, 2.75) is 19.9 Å². The molecule has 5 rings (SSSR count). The predicted octanol–water partition coefficient (Wildman–Crippen LogP) is 2.52. The second-order valence-electron chi connectivity index (χ2n) is 8.26. The first-order valence-corrected chi connectivity index (χ1v) is 10.6. The number of hydrogen-bond acceptors (Lipinski definition) is 7. The van der Waals surface area contributed by atoms with Crippen LogP contribution in [0.5, 0.6) is 0 Å². The van der Waals surface area contributed by atoms with Gasteiger partial charge in [0, 0.05) is 62.2 Å². The summed E-state index contributed by atoms with van der Waals surface area (Å²) < 4.78 is 3.50. The van der Waals surface area contributed by atoms with Gasteiger partial charge in [0.25, 0.3) is 5.56 Å². The lowest BCUT2D eigenvalue weighted by Gasteiger charge is -2.34. The van der Waals surface area contributed by atoms with Crippen molar-refractivity contribution >= 4 is 34.1 Å². The fraction of sp³-hybridized carbons (Fsp3) is 0.364. The monoisotopic (exact) mass is 418 g/mol. The molecule has 31 heavy (non-hydrogen) atoms. The number of fused-ring (bicyclic) bond motifs is 3. The molecule has 1 aromatic carbocycles. The van der Waals surface area contributed by atoms with Gasteiger partial charge in [-0.2, -0.15) is 4.98 Å². The van der Waals surface area contributed by atoms with Crippen molar-refractivity contribution in [2.75, 3.05) is 43.4 Å². The lowest BCUT2D eigenvalue weighted by atomic mass is 10.2. The van der Waals surface area contributed by atoms with Gasteiger partial charge in [0.1, 0.15) is 5.39 Å². The molecule has 9 heteroatoms. The largest absolute Gasteiger partial charge is 0.369 e. The second kappa shape index (κ2) is 7.66. The summed E-state index contributed by atoms with van der Waals surface area (Å²) in [7, 11) is 2.16. The molecule has 0 radical (unpaired) electrons. The molecule has 1 N–H and O–H groups in total. The number of benzene rings is 1. The predicted molar refractivity (Wildman–Crippen MR) is 122 cm³/mol. The first-order chi connectivity index (χ1) is 15.0. The zero-order valence-electron chi connectivity index (χ0n) is 18.0. The standard InChI is InChI=1S/C22H26N8O/c1-15(2)30-20(31)18-14-24-21(26-19(18)29-9-8-23-22(29)30)25-16-4-6-17(7-5-16)28-12-10-27(3)11-13-28/h4-9,14-15H,10-13H2,1-3H3,(H,24,25,26). The van der Waals surface area contributed by atoms with Crippen molar-refractivity contribution in [3.8, 4) is 0 Å². The zero-order valence-corrected chi connectivity index (χ0v) is 18.0. The summed E-state index contributed by atoms with van der Waals surface area (Å²) in [6.07, 6.45) is 5.08. The summed E-state index contributed by atoms with van der Waals surface area (Å²) in [4.78, 5) is 31.1. The third kappa shape index (κ3) is 3.50. The van der Waals surface area contributed by atoms with Gasteiger partial charge in [0.05, 0.1) is 0 Å². The first-order valence-electron chi connectivity index (χ1n) is 10.6. The van der Waals surface area contributed by atoms with E-state index in [0.29, 0.717) is 22.8 Å². The Labute approximate surface area is 180 Å². The van der Waals surface area contributed by atoms with Crippen LogP contribution in [0.2, 0.25) is 0 Å². The van der Waals surface area contributed by atoms with Gasteiger partial charge < -0.3 is 15.1 Å². The molecule has 1 fully saturated rings. The number of nitrogens with one attached hydrogen (secondary N) is 1. The van der Waals surface area contributed by atoms with Crippen LogP contribution in [-0.4, -0.2) is 62.0 Å². The fourth-order valence-electron chi connectivity index (χ4n) is 4.04. The minimum Gasteiger partial charge on any atom is -0.369 e. The normalized spacial score (nSPS) is 15.3. The van der Waals surface area contributed by atoms with Crippen molar-refractivity contribution in [1.82, 2.24) is 28.8 Å². The molecule has 4 aromatic rings. The van der Waals surface area contributed by atoms with Gasteiger partial charge in [-0.3, -0.25) is 13.8 Å². The molecule has 160 valence electrons. The molecule has 1 saturated heterocycles. The molecule has 0 bridgehead atoms. The van der Waals surface area contributed by atoms with E-state index in [0.717, 1.165) is 31.9 Å². The van der Waals surface area contributed by atoms with Crippen LogP contribution in [0.4, 0.5) is 17.3 Å². The summed E-state index contributed by atoms with van der Waals surface area (Å²) in [6.45, 7) is 8.14. The van der Waals surface area contributed by atoms with E-state index in [-0.39, 0.29) is 11.6 Å². The van der Waals surface area contributed by atoms with Gasteiger partial charge in [-0.05, 0) is 45.2 Å². The Balaban J connectivity index is 1.45. The van der Waals surface area contributed by atoms with Gasteiger partial charge in [-0.1, -0.05) is 0 Å². The van der Waals surface area contributed by atoms with E-state index in [9.17, 15) is 4.79 Å². The Morgan fingerprint density at radius 2 is 1.77 bits per heavy atom. The van der Waals surface area contributed by atoms with E-state index in [2.05, 4.69) is 49.2 Å². The highest BCUT2D eigenvalue weighted by molar-refractivity contribution is 5.77. The third-order valence-electron chi connectivity index (χ3n) is 5.79. The highest BCUT2D eigenvalue weighted by Crippen LogP contribution is 2.22. The highest BCUT2D eigenvalue weighted by Gasteiger charge is 2.16. The SMILES string of the molecule is CC(C)n1c(=O)c2cnc(Nc3ccc(N4CCN(C)CC4)cc3)nc2n2ccnc12. The topological polar surface area (TPSA) is 83.6 Å². The average molecular weight is 419 g/mol. The molecule has 0 spiro atoms. The maximum atomic E-state index is 13.0. The summed E-state index contributed by atoms with van der Waals surface area (Å²) in [5, 5.41) is 3.72. The average Bonchev–Trinajstić information content (AvgIpc) is 3.24. The van der Waals surface area contributed by atoms with Crippen molar-refractivity contribution in [3.63, 3.8) is 0 Å². The Morgan fingerprint density at radius 1 is 1.03 bits per heavy atom. The zero-order chi connectivity index (χ0) is 21.5. The van der Waals surface area contributed by atoms with Crippen LogP contribution < -0.4 is 15.8 Å². The number of piperazine rings is 1. The molecule has 0 amide bonds. The number of anilines is 3. The number of nitrogens with zero attached hydrogens (tertiary/aromatic N) is 7. The van der Waals surface area contributed by atoms with E-state index in [1.807, 2.05) is 36.6 Å². The van der Waals surface area contributed by atoms with Crippen LogP contribution in [0.25, 0.3) is 16.8 Å². The Hall–Kier alpha value is -3.46. The number of rotatable bonds is 4. The number of aromatic nitrogens is 5. The molecule has 0 atom stereocenters. The summed E-state index contributed by atoms with van der Waals surface area (Å²) in [5.41, 5.74) is 2.52. The molecule has 0 saturated carbocycles. The lowest BCUT2D eigenvalue weighted by Crippen LogP contribution is -2.44. The van der Waals surface area contributed by atoms with Crippen molar-refractivity contribution in [3.05, 3.63) is 53.2 Å². The minimum absolute atomic E-state index is 0.0154. The molecule has 9 nitrogen and oxygen atoms in total. The number of hydrogen-bond donors (Lipinski definition) is 1. The van der Waals surface area contributed by atoms with E-state index in [1.54, 1.807) is 17.0 Å². The van der Waals surface area contributed by atoms with Crippen LogP contribution >= 0.6 is 0 Å². The molecule has 3 aromatic heterocycles. The fourth-order valence-corrected chi connectivity index (χ4v) is 4.04. The lowest BCUT2D eigenvalue weighted by molar-refractivity contribution is 0.313. The van der Waals surface area contributed by atoms with Crippen LogP contribution in [0.15, 0.2) is 47.7 Å². The molecule has 0 unspecified atom stereocenters. The second-order valence-corrected chi connectivity index (χ2v) is 8.26. The molecular weight excluding hydrogens is 392 g/mol. The summed E-state index contributed by atoms with van der Waals surface area (Å²) in [6, 6.07) is 8.28. The van der Waals surface area contributed by atoms with E-state index >= 15 is 0 Å². The maximum Gasteiger partial charge on any atom is 0.266 e. The van der Waals surface area contributed by atoms with Crippen LogP contribution in [0.3, 0.4) is 0 Å². The summed E-state index contributed by atoms with van der Waals surface area (Å²) in [5.74, 6) is 1.02. The highest BCUT2D eigenvalue weighted by atomic mass is 16.1. The van der Waals surface area contributed by atoms with E-state index in [1.165, 1.54) is 5.69 Å². The van der Waals surface area contributed by atoms with Gasteiger partial charge in [0.2, 0.25) is 11.7 Å². The van der Waals surface area contributed by atoms with E-state index in [4.69, 9.17) is 0 Å². The molecule has 0 aliphatic carbocycles. The number of likely N-dealkylation sites (N-methyl/N-ethyl adjacent to an activating group) is 1. The number of imidazole rings is 1. The smallest absolute Gasteiger partial charge is 0.266 e. The minimum atomic E-state index is -0.133. The Bertz CT molecular complexity index is 1280. The van der Waals surface area contributed by atoms with Crippen LogP contribution in [0.1, 0.15) is 19.9 Å². The molecular formula is C22H26N8O. The molecule has 4 heterocycles. The molecule has 1 aliphatic rings. The van der Waals surface area contributed by atoms with Gasteiger partial charge in [-0.25, -0.2) is 9.97 Å². The van der Waals surface area contributed by atoms with E-state index < -0.39 is 0 Å². The first kappa shape index (κ1) is 19.5. The van der Waals surface area contributed by atoms with Crippen molar-refractivity contribution < 1.29 is 0 Å². The quantitative estimate of drug-likeness (QED) is 0.545.